The third-order valence-electron chi connectivity index (χ3n) is 4.22. The molecule has 1 atom stereocenters. The molecule has 1 aromatic carbocycles. The molecule has 10 heteroatoms. The van der Waals surface area contributed by atoms with Crippen LogP contribution in [0.1, 0.15) is 35.8 Å². The number of carbonyl (C=O) groups excluding carboxylic acids is 1. The number of methoxy groups -OCH3 is 1. The SMILES string of the molecule is COC(=O)C1CCCc2nn(Cc3cc(F)cc(C(F)(F)F)c3)c(=O)n21. The summed E-state index contributed by atoms with van der Waals surface area (Å²) >= 11 is 0. The van der Waals surface area contributed by atoms with Crippen LogP contribution in [0, 0.1) is 5.82 Å². The Morgan fingerprint density at radius 2 is 2.08 bits per heavy atom. The molecule has 0 aliphatic carbocycles. The summed E-state index contributed by atoms with van der Waals surface area (Å²) in [4.78, 5) is 24.4. The van der Waals surface area contributed by atoms with Gasteiger partial charge in [-0.1, -0.05) is 0 Å². The zero-order chi connectivity index (χ0) is 19.1. The molecular formula is C16H15F4N3O3. The van der Waals surface area contributed by atoms with Crippen LogP contribution in [0.15, 0.2) is 23.0 Å². The molecule has 1 aromatic heterocycles. The topological polar surface area (TPSA) is 66.1 Å². The third-order valence-corrected chi connectivity index (χ3v) is 4.22. The Morgan fingerprint density at radius 3 is 2.73 bits per heavy atom. The maximum absolute atomic E-state index is 13.5. The van der Waals surface area contributed by atoms with E-state index < -0.39 is 35.3 Å². The summed E-state index contributed by atoms with van der Waals surface area (Å²) in [5, 5.41) is 4.09. The Bertz CT molecular complexity index is 901. The molecule has 0 saturated carbocycles. The highest BCUT2D eigenvalue weighted by molar-refractivity contribution is 5.74. The molecule has 1 unspecified atom stereocenters. The van der Waals surface area contributed by atoms with Gasteiger partial charge in [-0.2, -0.15) is 18.3 Å². The number of aromatic nitrogens is 3. The number of carbonyl (C=O) groups is 1. The van der Waals surface area contributed by atoms with E-state index in [9.17, 15) is 27.2 Å². The number of benzene rings is 1. The third kappa shape index (κ3) is 3.35. The van der Waals surface area contributed by atoms with Crippen molar-refractivity contribution >= 4 is 5.97 Å². The standard InChI is InChI=1S/C16H15F4N3O3/c1-26-14(24)12-3-2-4-13-21-22(15(25)23(12)13)8-9-5-10(16(18,19)20)7-11(17)6-9/h5-7,12H,2-4,8H2,1H3. The molecule has 1 aliphatic heterocycles. The molecule has 2 heterocycles. The van der Waals surface area contributed by atoms with Gasteiger partial charge in [0.1, 0.15) is 17.7 Å². The normalized spacial score (nSPS) is 17.0. The highest BCUT2D eigenvalue weighted by atomic mass is 19.4. The van der Waals surface area contributed by atoms with Crippen LogP contribution in [0.3, 0.4) is 0 Å². The fourth-order valence-electron chi connectivity index (χ4n) is 3.07. The lowest BCUT2D eigenvalue weighted by atomic mass is 10.1. The van der Waals surface area contributed by atoms with Crippen molar-refractivity contribution < 1.29 is 27.1 Å². The van der Waals surface area contributed by atoms with Crippen molar-refractivity contribution in [2.45, 2.75) is 38.0 Å². The molecule has 0 amide bonds. The zero-order valence-corrected chi connectivity index (χ0v) is 13.7. The molecule has 2 aromatic rings. The predicted molar refractivity (Wildman–Crippen MR) is 81.0 cm³/mol. The fraction of sp³-hybridized carbons (Fsp3) is 0.438. The summed E-state index contributed by atoms with van der Waals surface area (Å²) in [5.41, 5.74) is -1.84. The van der Waals surface area contributed by atoms with E-state index in [-0.39, 0.29) is 12.1 Å². The van der Waals surface area contributed by atoms with Crippen LogP contribution >= 0.6 is 0 Å². The van der Waals surface area contributed by atoms with E-state index >= 15 is 0 Å². The van der Waals surface area contributed by atoms with Gasteiger partial charge >= 0.3 is 17.8 Å². The van der Waals surface area contributed by atoms with Crippen LogP contribution in [0.25, 0.3) is 0 Å². The number of aryl methyl sites for hydroxylation is 1. The molecule has 0 spiro atoms. The van der Waals surface area contributed by atoms with Gasteiger partial charge in [0, 0.05) is 6.42 Å². The summed E-state index contributed by atoms with van der Waals surface area (Å²) < 4.78 is 58.8. The summed E-state index contributed by atoms with van der Waals surface area (Å²) in [6, 6.07) is 1.25. The number of nitrogens with zero attached hydrogens (tertiary/aromatic N) is 3. The summed E-state index contributed by atoms with van der Waals surface area (Å²) in [6.07, 6.45) is -3.23. The monoisotopic (exact) mass is 373 g/mol. The van der Waals surface area contributed by atoms with Crippen LogP contribution in [0.5, 0.6) is 0 Å². The van der Waals surface area contributed by atoms with Crippen molar-refractivity contribution in [2.24, 2.45) is 0 Å². The van der Waals surface area contributed by atoms with Gasteiger partial charge in [0.2, 0.25) is 0 Å². The van der Waals surface area contributed by atoms with Crippen LogP contribution < -0.4 is 5.69 Å². The summed E-state index contributed by atoms with van der Waals surface area (Å²) in [6.45, 7) is -0.340. The van der Waals surface area contributed by atoms with Crippen molar-refractivity contribution in [1.82, 2.24) is 14.3 Å². The molecule has 0 radical (unpaired) electrons. The Balaban J connectivity index is 1.98. The first-order valence-corrected chi connectivity index (χ1v) is 7.83. The average Bonchev–Trinajstić information content (AvgIpc) is 2.89. The van der Waals surface area contributed by atoms with E-state index in [1.54, 1.807) is 0 Å². The minimum atomic E-state index is -4.70. The van der Waals surface area contributed by atoms with Crippen LogP contribution in [0.4, 0.5) is 17.6 Å². The van der Waals surface area contributed by atoms with Crippen molar-refractivity contribution in [3.8, 4) is 0 Å². The quantitative estimate of drug-likeness (QED) is 0.612. The van der Waals surface area contributed by atoms with E-state index in [2.05, 4.69) is 9.84 Å². The lowest BCUT2D eigenvalue weighted by Gasteiger charge is -2.20. The molecule has 0 saturated heterocycles. The molecule has 0 N–H and O–H groups in total. The number of esters is 1. The Kier molecular flexibility index (Phi) is 4.59. The lowest BCUT2D eigenvalue weighted by Crippen LogP contribution is -2.35. The second-order valence-corrected chi connectivity index (χ2v) is 6.00. The van der Waals surface area contributed by atoms with Crippen LogP contribution in [-0.2, 0) is 28.7 Å². The number of hydrogen-bond acceptors (Lipinski definition) is 4. The fourth-order valence-corrected chi connectivity index (χ4v) is 3.07. The highest BCUT2D eigenvalue weighted by Gasteiger charge is 2.33. The van der Waals surface area contributed by atoms with Crippen molar-refractivity contribution in [3.63, 3.8) is 0 Å². The number of rotatable bonds is 3. The molecule has 3 rings (SSSR count). The minimum absolute atomic E-state index is 0.0514. The van der Waals surface area contributed by atoms with Gasteiger partial charge in [-0.3, -0.25) is 4.57 Å². The molecule has 6 nitrogen and oxygen atoms in total. The minimum Gasteiger partial charge on any atom is -0.467 e. The highest BCUT2D eigenvalue weighted by Crippen LogP contribution is 2.30. The zero-order valence-electron chi connectivity index (χ0n) is 13.7. The molecule has 1 aliphatic rings. The van der Waals surface area contributed by atoms with Gasteiger partial charge < -0.3 is 4.74 Å². The van der Waals surface area contributed by atoms with E-state index in [4.69, 9.17) is 0 Å². The smallest absolute Gasteiger partial charge is 0.416 e. The van der Waals surface area contributed by atoms with E-state index in [1.807, 2.05) is 0 Å². The summed E-state index contributed by atoms with van der Waals surface area (Å²) in [7, 11) is 1.21. The molecular weight excluding hydrogens is 358 g/mol. The van der Waals surface area contributed by atoms with E-state index in [1.165, 1.54) is 11.7 Å². The Morgan fingerprint density at radius 1 is 1.35 bits per heavy atom. The van der Waals surface area contributed by atoms with E-state index in [0.29, 0.717) is 31.2 Å². The van der Waals surface area contributed by atoms with Crippen LogP contribution in [-0.4, -0.2) is 27.4 Å². The second kappa shape index (κ2) is 6.58. The molecule has 0 bridgehead atoms. The van der Waals surface area contributed by atoms with Gasteiger partial charge in [-0.15, -0.1) is 0 Å². The van der Waals surface area contributed by atoms with Gasteiger partial charge in [0.05, 0.1) is 19.2 Å². The van der Waals surface area contributed by atoms with Crippen molar-refractivity contribution in [3.05, 3.63) is 51.5 Å². The number of alkyl halides is 3. The molecule has 26 heavy (non-hydrogen) atoms. The van der Waals surface area contributed by atoms with E-state index in [0.717, 1.165) is 16.8 Å². The van der Waals surface area contributed by atoms with Gasteiger partial charge in [0.15, 0.2) is 0 Å². The maximum atomic E-state index is 13.5. The van der Waals surface area contributed by atoms with Crippen molar-refractivity contribution in [1.29, 1.82) is 0 Å². The van der Waals surface area contributed by atoms with Crippen LogP contribution in [0.2, 0.25) is 0 Å². The van der Waals surface area contributed by atoms with Gasteiger partial charge in [-0.05, 0) is 36.6 Å². The number of halogens is 4. The molecule has 0 fully saturated rings. The number of ether oxygens (including phenoxy) is 1. The van der Waals surface area contributed by atoms with Gasteiger partial charge in [-0.25, -0.2) is 18.7 Å². The maximum Gasteiger partial charge on any atom is 0.416 e. The first-order valence-electron chi connectivity index (χ1n) is 7.83. The van der Waals surface area contributed by atoms with Crippen molar-refractivity contribution in [2.75, 3.05) is 7.11 Å². The predicted octanol–water partition coefficient (Wildman–Crippen LogP) is 2.30. The average molecular weight is 373 g/mol. The largest absolute Gasteiger partial charge is 0.467 e. The Hall–Kier alpha value is -2.65. The number of fused-ring (bicyclic) bond motifs is 1. The first-order chi connectivity index (χ1) is 12.2. The molecule has 140 valence electrons. The Labute approximate surface area is 145 Å². The lowest BCUT2D eigenvalue weighted by molar-refractivity contribution is -0.145. The summed E-state index contributed by atoms with van der Waals surface area (Å²) in [5.74, 6) is -1.29. The number of hydrogen-bond donors (Lipinski definition) is 0. The second-order valence-electron chi connectivity index (χ2n) is 6.00. The van der Waals surface area contributed by atoms with Gasteiger partial charge in [0.25, 0.3) is 0 Å². The first kappa shape index (κ1) is 18.2.